The van der Waals surface area contributed by atoms with Crippen molar-refractivity contribution in [1.82, 2.24) is 15.5 Å². The highest BCUT2D eigenvalue weighted by molar-refractivity contribution is 5.88. The van der Waals surface area contributed by atoms with Gasteiger partial charge >= 0.3 is 0 Å². The van der Waals surface area contributed by atoms with Gasteiger partial charge in [-0.15, -0.1) is 0 Å². The SMILES string of the molecule is O=C(C[C@@H]1C(=O)NCCN1Cc1ccccc1F)NCCc1ccccc1. The number of amides is 2. The van der Waals surface area contributed by atoms with Crippen LogP contribution in [0.2, 0.25) is 0 Å². The number of hydrogen-bond donors (Lipinski definition) is 2. The zero-order valence-corrected chi connectivity index (χ0v) is 15.2. The first-order valence-corrected chi connectivity index (χ1v) is 9.19. The molecule has 6 heteroatoms. The van der Waals surface area contributed by atoms with Gasteiger partial charge in [0.2, 0.25) is 11.8 Å². The standard InChI is InChI=1S/C21H24FN3O2/c22-18-9-5-4-8-17(18)15-25-13-12-24-21(27)19(25)14-20(26)23-11-10-16-6-2-1-3-7-16/h1-9,19H,10-15H2,(H,23,26)(H,24,27)/t19-/m1/s1. The first-order chi connectivity index (χ1) is 13.1. The van der Waals surface area contributed by atoms with Gasteiger partial charge < -0.3 is 10.6 Å². The fourth-order valence-electron chi connectivity index (χ4n) is 3.26. The predicted molar refractivity (Wildman–Crippen MR) is 101 cm³/mol. The third kappa shape index (κ3) is 5.37. The Morgan fingerprint density at radius 2 is 1.89 bits per heavy atom. The van der Waals surface area contributed by atoms with Gasteiger partial charge in [0.25, 0.3) is 0 Å². The molecule has 0 spiro atoms. The van der Waals surface area contributed by atoms with E-state index in [1.807, 2.05) is 35.2 Å². The van der Waals surface area contributed by atoms with Crippen molar-refractivity contribution in [3.8, 4) is 0 Å². The van der Waals surface area contributed by atoms with Crippen molar-refractivity contribution in [3.05, 3.63) is 71.5 Å². The number of nitrogens with one attached hydrogen (secondary N) is 2. The normalized spacial score (nSPS) is 17.4. The number of hydrogen-bond acceptors (Lipinski definition) is 3. The van der Waals surface area contributed by atoms with Gasteiger partial charge in [0.05, 0.1) is 12.5 Å². The summed E-state index contributed by atoms with van der Waals surface area (Å²) in [5, 5.41) is 5.67. The second-order valence-electron chi connectivity index (χ2n) is 6.66. The summed E-state index contributed by atoms with van der Waals surface area (Å²) in [6, 6.07) is 15.8. The summed E-state index contributed by atoms with van der Waals surface area (Å²) in [6.07, 6.45) is 0.803. The Hall–Kier alpha value is -2.73. The summed E-state index contributed by atoms with van der Waals surface area (Å²) in [7, 11) is 0. The molecule has 1 heterocycles. The van der Waals surface area contributed by atoms with Crippen LogP contribution in [0.1, 0.15) is 17.5 Å². The van der Waals surface area contributed by atoms with Crippen LogP contribution in [0.4, 0.5) is 4.39 Å². The predicted octanol–water partition coefficient (Wildman–Crippen LogP) is 1.88. The van der Waals surface area contributed by atoms with Crippen molar-refractivity contribution in [3.63, 3.8) is 0 Å². The van der Waals surface area contributed by atoms with Crippen LogP contribution in [0, 0.1) is 5.82 Å². The van der Waals surface area contributed by atoms with E-state index in [1.54, 1.807) is 18.2 Å². The van der Waals surface area contributed by atoms with Crippen molar-refractivity contribution in [2.45, 2.75) is 25.4 Å². The molecule has 1 fully saturated rings. The first-order valence-electron chi connectivity index (χ1n) is 9.19. The number of benzene rings is 2. The Balaban J connectivity index is 1.55. The average Bonchev–Trinajstić information content (AvgIpc) is 2.67. The number of carbonyl (C=O) groups is 2. The highest BCUT2D eigenvalue weighted by atomic mass is 19.1. The molecule has 0 aromatic heterocycles. The Labute approximate surface area is 158 Å². The zero-order valence-electron chi connectivity index (χ0n) is 15.2. The molecule has 0 unspecified atom stereocenters. The molecule has 2 amide bonds. The molecule has 142 valence electrons. The van der Waals surface area contributed by atoms with E-state index >= 15 is 0 Å². The maximum atomic E-state index is 14.0. The largest absolute Gasteiger partial charge is 0.356 e. The van der Waals surface area contributed by atoms with Crippen LogP contribution in [0.3, 0.4) is 0 Å². The van der Waals surface area contributed by atoms with Crippen molar-refractivity contribution < 1.29 is 14.0 Å². The lowest BCUT2D eigenvalue weighted by Crippen LogP contribution is -2.56. The van der Waals surface area contributed by atoms with Gasteiger partial charge in [0.1, 0.15) is 5.82 Å². The summed E-state index contributed by atoms with van der Waals surface area (Å²) < 4.78 is 14.0. The summed E-state index contributed by atoms with van der Waals surface area (Å²) in [5.74, 6) is -0.656. The van der Waals surface area contributed by atoms with E-state index in [4.69, 9.17) is 0 Å². The quantitative estimate of drug-likeness (QED) is 0.783. The summed E-state index contributed by atoms with van der Waals surface area (Å²) >= 11 is 0. The van der Waals surface area contributed by atoms with E-state index in [9.17, 15) is 14.0 Å². The summed E-state index contributed by atoms with van der Waals surface area (Å²) in [4.78, 5) is 26.5. The van der Waals surface area contributed by atoms with Crippen molar-refractivity contribution >= 4 is 11.8 Å². The highest BCUT2D eigenvalue weighted by Crippen LogP contribution is 2.16. The van der Waals surface area contributed by atoms with Crippen LogP contribution in [0.25, 0.3) is 0 Å². The number of carbonyl (C=O) groups excluding carboxylic acids is 2. The average molecular weight is 369 g/mol. The number of rotatable bonds is 7. The summed E-state index contributed by atoms with van der Waals surface area (Å²) in [5.41, 5.74) is 1.68. The lowest BCUT2D eigenvalue weighted by molar-refractivity contribution is -0.134. The molecule has 1 aliphatic heterocycles. The molecule has 0 radical (unpaired) electrons. The van der Waals surface area contributed by atoms with E-state index in [-0.39, 0.29) is 24.1 Å². The minimum Gasteiger partial charge on any atom is -0.356 e. The van der Waals surface area contributed by atoms with Crippen molar-refractivity contribution in [1.29, 1.82) is 0 Å². The molecule has 1 aliphatic rings. The minimum absolute atomic E-state index is 0.0646. The Bertz CT molecular complexity index is 782. The summed E-state index contributed by atoms with van der Waals surface area (Å²) in [6.45, 7) is 1.91. The zero-order chi connectivity index (χ0) is 19.1. The highest BCUT2D eigenvalue weighted by Gasteiger charge is 2.31. The molecule has 2 aromatic carbocycles. The molecule has 1 atom stereocenters. The Morgan fingerprint density at radius 1 is 1.15 bits per heavy atom. The molecule has 5 nitrogen and oxygen atoms in total. The van der Waals surface area contributed by atoms with E-state index in [1.165, 1.54) is 6.07 Å². The Kier molecular flexibility index (Phi) is 6.54. The lowest BCUT2D eigenvalue weighted by Gasteiger charge is -2.34. The van der Waals surface area contributed by atoms with Crippen LogP contribution in [0.5, 0.6) is 0 Å². The van der Waals surface area contributed by atoms with Crippen LogP contribution >= 0.6 is 0 Å². The van der Waals surface area contributed by atoms with Crippen molar-refractivity contribution in [2.24, 2.45) is 0 Å². The molecular formula is C21H24FN3O2. The van der Waals surface area contributed by atoms with Gasteiger partial charge in [-0.1, -0.05) is 48.5 Å². The molecule has 2 N–H and O–H groups in total. The topological polar surface area (TPSA) is 61.4 Å². The van der Waals surface area contributed by atoms with E-state index < -0.39 is 6.04 Å². The second-order valence-corrected chi connectivity index (χ2v) is 6.66. The Morgan fingerprint density at radius 3 is 2.67 bits per heavy atom. The van der Waals surface area contributed by atoms with Gasteiger partial charge in [-0.05, 0) is 18.1 Å². The maximum Gasteiger partial charge on any atom is 0.237 e. The molecule has 2 aromatic rings. The molecule has 1 saturated heterocycles. The third-order valence-electron chi connectivity index (χ3n) is 4.73. The van der Waals surface area contributed by atoms with Crippen LogP contribution in [0.15, 0.2) is 54.6 Å². The fraction of sp³-hybridized carbons (Fsp3) is 0.333. The fourth-order valence-corrected chi connectivity index (χ4v) is 3.26. The minimum atomic E-state index is -0.588. The smallest absolute Gasteiger partial charge is 0.237 e. The number of nitrogens with zero attached hydrogens (tertiary/aromatic N) is 1. The molecule has 0 aliphatic carbocycles. The number of halogens is 1. The molecule has 0 bridgehead atoms. The van der Waals surface area contributed by atoms with E-state index in [0.717, 1.165) is 12.0 Å². The van der Waals surface area contributed by atoms with Gasteiger partial charge in [-0.25, -0.2) is 4.39 Å². The number of piperazine rings is 1. The van der Waals surface area contributed by atoms with Gasteiger partial charge in [-0.2, -0.15) is 0 Å². The van der Waals surface area contributed by atoms with Gasteiger partial charge in [0, 0.05) is 31.7 Å². The van der Waals surface area contributed by atoms with Crippen LogP contribution < -0.4 is 10.6 Å². The van der Waals surface area contributed by atoms with Crippen molar-refractivity contribution in [2.75, 3.05) is 19.6 Å². The van der Waals surface area contributed by atoms with Gasteiger partial charge in [0.15, 0.2) is 0 Å². The third-order valence-corrected chi connectivity index (χ3v) is 4.73. The maximum absolute atomic E-state index is 14.0. The molecule has 3 rings (SSSR count). The second kappa shape index (κ2) is 9.28. The van der Waals surface area contributed by atoms with Crippen LogP contribution in [-0.4, -0.2) is 42.4 Å². The monoisotopic (exact) mass is 369 g/mol. The van der Waals surface area contributed by atoms with E-state index in [0.29, 0.717) is 31.7 Å². The molecule has 27 heavy (non-hydrogen) atoms. The molecular weight excluding hydrogens is 345 g/mol. The van der Waals surface area contributed by atoms with E-state index in [2.05, 4.69) is 10.6 Å². The van der Waals surface area contributed by atoms with Crippen LogP contribution in [-0.2, 0) is 22.6 Å². The van der Waals surface area contributed by atoms with Gasteiger partial charge in [-0.3, -0.25) is 14.5 Å². The first kappa shape index (κ1) is 19.0. The molecule has 0 saturated carbocycles. The lowest BCUT2D eigenvalue weighted by atomic mass is 10.1.